The molecule has 0 heterocycles. The van der Waals surface area contributed by atoms with Crippen LogP contribution in [0.5, 0.6) is 5.75 Å². The van der Waals surface area contributed by atoms with Crippen LogP contribution in [0.3, 0.4) is 0 Å². The second kappa shape index (κ2) is 6.95. The van der Waals surface area contributed by atoms with E-state index in [9.17, 15) is 4.79 Å². The SMILES string of the molecule is COC(C)(C)CCOc1cccc(/C=C/C(=O)O)c1. The molecular weight excluding hydrogens is 244 g/mol. The average Bonchev–Trinajstić information content (AvgIpc) is 2.37. The van der Waals surface area contributed by atoms with Crippen LogP contribution >= 0.6 is 0 Å². The van der Waals surface area contributed by atoms with E-state index < -0.39 is 5.97 Å². The molecule has 1 rings (SSSR count). The zero-order valence-corrected chi connectivity index (χ0v) is 11.6. The number of methoxy groups -OCH3 is 1. The van der Waals surface area contributed by atoms with Crippen LogP contribution in [0.1, 0.15) is 25.8 Å². The topological polar surface area (TPSA) is 55.8 Å². The molecule has 0 amide bonds. The molecule has 0 aliphatic rings. The van der Waals surface area contributed by atoms with Crippen molar-refractivity contribution in [2.45, 2.75) is 25.9 Å². The first kappa shape index (κ1) is 15.2. The highest BCUT2D eigenvalue weighted by Gasteiger charge is 2.15. The molecule has 1 aromatic carbocycles. The maximum atomic E-state index is 10.4. The molecule has 1 aromatic rings. The third kappa shape index (κ3) is 6.06. The van der Waals surface area contributed by atoms with Gasteiger partial charge in [-0.3, -0.25) is 0 Å². The fourth-order valence-corrected chi connectivity index (χ4v) is 1.39. The van der Waals surface area contributed by atoms with E-state index in [0.29, 0.717) is 6.61 Å². The molecule has 0 aliphatic carbocycles. The normalized spacial score (nSPS) is 11.7. The van der Waals surface area contributed by atoms with Gasteiger partial charge in [0.2, 0.25) is 0 Å². The highest BCUT2D eigenvalue weighted by Crippen LogP contribution is 2.17. The number of carboxylic acid groups (broad SMARTS) is 1. The van der Waals surface area contributed by atoms with Crippen molar-refractivity contribution in [2.24, 2.45) is 0 Å². The minimum Gasteiger partial charge on any atom is -0.493 e. The van der Waals surface area contributed by atoms with Crippen molar-refractivity contribution in [3.05, 3.63) is 35.9 Å². The Hall–Kier alpha value is -1.81. The monoisotopic (exact) mass is 264 g/mol. The first-order valence-corrected chi connectivity index (χ1v) is 6.12. The van der Waals surface area contributed by atoms with E-state index in [2.05, 4.69) is 0 Å². The molecule has 0 aromatic heterocycles. The van der Waals surface area contributed by atoms with E-state index in [4.69, 9.17) is 14.6 Å². The molecule has 0 unspecified atom stereocenters. The van der Waals surface area contributed by atoms with Gasteiger partial charge in [0.05, 0.1) is 12.2 Å². The Kier molecular flexibility index (Phi) is 5.57. The van der Waals surface area contributed by atoms with Crippen molar-refractivity contribution in [1.82, 2.24) is 0 Å². The molecule has 0 saturated heterocycles. The molecule has 104 valence electrons. The maximum Gasteiger partial charge on any atom is 0.328 e. The summed E-state index contributed by atoms with van der Waals surface area (Å²) in [6, 6.07) is 7.31. The quantitative estimate of drug-likeness (QED) is 0.769. The second-order valence-corrected chi connectivity index (χ2v) is 4.81. The molecule has 0 atom stereocenters. The summed E-state index contributed by atoms with van der Waals surface area (Å²) in [5.41, 5.74) is 0.590. The van der Waals surface area contributed by atoms with Gasteiger partial charge in [0.15, 0.2) is 0 Å². The van der Waals surface area contributed by atoms with E-state index in [1.807, 2.05) is 32.0 Å². The van der Waals surface area contributed by atoms with Crippen molar-refractivity contribution < 1.29 is 19.4 Å². The lowest BCUT2D eigenvalue weighted by molar-refractivity contribution is -0.131. The number of carboxylic acids is 1. The minimum atomic E-state index is -0.965. The molecule has 4 nitrogen and oxygen atoms in total. The zero-order valence-electron chi connectivity index (χ0n) is 11.6. The number of hydrogen-bond donors (Lipinski definition) is 1. The Bertz CT molecular complexity index is 449. The largest absolute Gasteiger partial charge is 0.493 e. The van der Waals surface area contributed by atoms with Crippen LogP contribution in [-0.4, -0.2) is 30.4 Å². The van der Waals surface area contributed by atoms with Crippen LogP contribution in [0.25, 0.3) is 6.08 Å². The molecule has 4 heteroatoms. The molecule has 1 N–H and O–H groups in total. The Morgan fingerprint density at radius 3 is 2.79 bits per heavy atom. The molecule has 0 fully saturated rings. The van der Waals surface area contributed by atoms with Crippen molar-refractivity contribution in [3.63, 3.8) is 0 Å². The Morgan fingerprint density at radius 2 is 2.16 bits per heavy atom. The molecule has 0 saturated carbocycles. The van der Waals surface area contributed by atoms with Gasteiger partial charge in [-0.25, -0.2) is 4.79 Å². The molecule has 0 aliphatic heterocycles. The summed E-state index contributed by atoms with van der Waals surface area (Å²) in [6.07, 6.45) is 3.42. The van der Waals surface area contributed by atoms with E-state index >= 15 is 0 Å². The van der Waals surface area contributed by atoms with Crippen LogP contribution in [0.2, 0.25) is 0 Å². The van der Waals surface area contributed by atoms with Crippen LogP contribution in [0.4, 0.5) is 0 Å². The van der Waals surface area contributed by atoms with E-state index in [1.54, 1.807) is 13.2 Å². The van der Waals surface area contributed by atoms with Crippen molar-refractivity contribution in [1.29, 1.82) is 0 Å². The van der Waals surface area contributed by atoms with Gasteiger partial charge in [-0.2, -0.15) is 0 Å². The molecule has 0 spiro atoms. The van der Waals surface area contributed by atoms with Crippen LogP contribution in [-0.2, 0) is 9.53 Å². The highest BCUT2D eigenvalue weighted by molar-refractivity contribution is 5.85. The van der Waals surface area contributed by atoms with Crippen LogP contribution < -0.4 is 4.74 Å². The first-order valence-electron chi connectivity index (χ1n) is 6.12. The van der Waals surface area contributed by atoms with Gasteiger partial charge in [0, 0.05) is 19.6 Å². The van der Waals surface area contributed by atoms with Gasteiger partial charge in [-0.1, -0.05) is 12.1 Å². The van der Waals surface area contributed by atoms with Crippen molar-refractivity contribution in [3.8, 4) is 5.75 Å². The fourth-order valence-electron chi connectivity index (χ4n) is 1.39. The fraction of sp³-hybridized carbons (Fsp3) is 0.400. The lowest BCUT2D eigenvalue weighted by atomic mass is 10.1. The van der Waals surface area contributed by atoms with Crippen LogP contribution in [0.15, 0.2) is 30.3 Å². The standard InChI is InChI=1S/C15H20O4/c1-15(2,18-3)9-10-19-13-6-4-5-12(11-13)7-8-14(16)17/h4-8,11H,9-10H2,1-3H3,(H,16,17)/b8-7+. The number of benzene rings is 1. The van der Waals surface area contributed by atoms with Crippen LogP contribution in [0, 0.1) is 0 Å². The van der Waals surface area contributed by atoms with Gasteiger partial charge < -0.3 is 14.6 Å². The summed E-state index contributed by atoms with van der Waals surface area (Å²) in [6.45, 7) is 4.55. The van der Waals surface area contributed by atoms with E-state index in [1.165, 1.54) is 6.08 Å². The van der Waals surface area contributed by atoms with E-state index in [0.717, 1.165) is 23.8 Å². The molecule has 19 heavy (non-hydrogen) atoms. The molecule has 0 radical (unpaired) electrons. The summed E-state index contributed by atoms with van der Waals surface area (Å²) < 4.78 is 10.9. The predicted molar refractivity (Wildman–Crippen MR) is 74.3 cm³/mol. The summed E-state index contributed by atoms with van der Waals surface area (Å²) in [5.74, 6) is -0.243. The van der Waals surface area contributed by atoms with Gasteiger partial charge in [-0.05, 0) is 37.6 Å². The minimum absolute atomic E-state index is 0.208. The van der Waals surface area contributed by atoms with Gasteiger partial charge >= 0.3 is 5.97 Å². The maximum absolute atomic E-state index is 10.4. The highest BCUT2D eigenvalue weighted by atomic mass is 16.5. The second-order valence-electron chi connectivity index (χ2n) is 4.81. The Labute approximate surface area is 113 Å². The lowest BCUT2D eigenvalue weighted by Crippen LogP contribution is -2.25. The summed E-state index contributed by atoms with van der Waals surface area (Å²) in [7, 11) is 1.68. The van der Waals surface area contributed by atoms with Gasteiger partial charge in [0.25, 0.3) is 0 Å². The van der Waals surface area contributed by atoms with Gasteiger partial charge in [-0.15, -0.1) is 0 Å². The van der Waals surface area contributed by atoms with Crippen molar-refractivity contribution >= 4 is 12.0 Å². The average molecular weight is 264 g/mol. The van der Waals surface area contributed by atoms with Crippen molar-refractivity contribution in [2.75, 3.05) is 13.7 Å². The zero-order chi connectivity index (χ0) is 14.3. The number of aliphatic carboxylic acids is 1. The Morgan fingerprint density at radius 1 is 1.42 bits per heavy atom. The summed E-state index contributed by atoms with van der Waals surface area (Å²) in [4.78, 5) is 10.4. The first-order chi connectivity index (χ1) is 8.93. The smallest absolute Gasteiger partial charge is 0.328 e. The van der Waals surface area contributed by atoms with Gasteiger partial charge in [0.1, 0.15) is 5.75 Å². The lowest BCUT2D eigenvalue weighted by Gasteiger charge is -2.22. The number of rotatable bonds is 7. The number of hydrogen-bond acceptors (Lipinski definition) is 3. The molecule has 0 bridgehead atoms. The number of carbonyl (C=O) groups is 1. The third-order valence-electron chi connectivity index (χ3n) is 2.80. The summed E-state index contributed by atoms with van der Waals surface area (Å²) >= 11 is 0. The van der Waals surface area contributed by atoms with E-state index in [-0.39, 0.29) is 5.60 Å². The number of ether oxygens (including phenoxy) is 2. The summed E-state index contributed by atoms with van der Waals surface area (Å²) in [5, 5.41) is 8.57. The molecular formula is C15H20O4. The Balaban J connectivity index is 2.55. The predicted octanol–water partition coefficient (Wildman–Crippen LogP) is 2.98. The third-order valence-corrected chi connectivity index (χ3v) is 2.80.